The Morgan fingerprint density at radius 3 is 2.33 bits per heavy atom. The van der Waals surface area contributed by atoms with Gasteiger partial charge in [-0.25, -0.2) is 13.4 Å². The van der Waals surface area contributed by atoms with Gasteiger partial charge in [-0.2, -0.15) is 4.31 Å². The van der Waals surface area contributed by atoms with E-state index in [2.05, 4.69) is 0 Å². The lowest BCUT2D eigenvalue weighted by molar-refractivity contribution is 0.0700. The molecule has 0 spiro atoms. The van der Waals surface area contributed by atoms with E-state index in [0.717, 1.165) is 10.9 Å². The normalized spacial score (nSPS) is 15.8. The lowest BCUT2D eigenvalue weighted by Crippen LogP contribution is -2.50. The molecule has 1 aromatic heterocycles. The van der Waals surface area contributed by atoms with E-state index in [9.17, 15) is 13.2 Å². The SMILES string of the molecule is O=C(c1cc(-c2ccc3c(c2)OCO3)nc2ccccc12)N1CCN(S(=O)(=O)c2ccccc2)CC1. The van der Waals surface area contributed by atoms with Gasteiger partial charge >= 0.3 is 0 Å². The molecule has 2 aliphatic rings. The summed E-state index contributed by atoms with van der Waals surface area (Å²) in [5.41, 5.74) is 2.72. The average molecular weight is 502 g/mol. The van der Waals surface area contributed by atoms with Gasteiger partial charge in [-0.3, -0.25) is 4.79 Å². The average Bonchev–Trinajstić information content (AvgIpc) is 3.41. The second-order valence-electron chi connectivity index (χ2n) is 8.65. The number of ether oxygens (including phenoxy) is 2. The molecule has 0 unspecified atom stereocenters. The lowest BCUT2D eigenvalue weighted by atomic mass is 10.0. The number of carbonyl (C=O) groups excluding carboxylic acids is 1. The molecule has 1 amide bonds. The summed E-state index contributed by atoms with van der Waals surface area (Å²) in [6.45, 7) is 1.27. The smallest absolute Gasteiger partial charge is 0.254 e. The van der Waals surface area contributed by atoms with Crippen molar-refractivity contribution in [3.05, 3.63) is 84.4 Å². The highest BCUT2D eigenvalue weighted by Crippen LogP contribution is 2.36. The molecule has 8 nitrogen and oxygen atoms in total. The van der Waals surface area contributed by atoms with Crippen molar-refractivity contribution in [3.63, 3.8) is 0 Å². The first-order valence-electron chi connectivity index (χ1n) is 11.6. The molecule has 0 atom stereocenters. The quantitative estimate of drug-likeness (QED) is 0.423. The fourth-order valence-electron chi connectivity index (χ4n) is 4.60. The van der Waals surface area contributed by atoms with Crippen molar-refractivity contribution in [2.45, 2.75) is 4.90 Å². The first kappa shape index (κ1) is 22.5. The van der Waals surface area contributed by atoms with Crippen LogP contribution in [0.4, 0.5) is 0 Å². The predicted octanol–water partition coefficient (Wildman–Crippen LogP) is 3.78. The van der Waals surface area contributed by atoms with Crippen LogP contribution >= 0.6 is 0 Å². The lowest BCUT2D eigenvalue weighted by Gasteiger charge is -2.34. The molecular formula is C27H23N3O5S. The Hall–Kier alpha value is -3.95. The number of para-hydroxylation sites is 1. The number of hydrogen-bond acceptors (Lipinski definition) is 6. The Morgan fingerprint density at radius 2 is 1.53 bits per heavy atom. The Bertz CT molecular complexity index is 1570. The van der Waals surface area contributed by atoms with Gasteiger partial charge in [-0.15, -0.1) is 0 Å². The third kappa shape index (κ3) is 3.96. The summed E-state index contributed by atoms with van der Waals surface area (Å²) >= 11 is 0. The number of nitrogens with zero attached hydrogens (tertiary/aromatic N) is 3. The second kappa shape index (κ2) is 8.92. The van der Waals surface area contributed by atoms with E-state index >= 15 is 0 Å². The molecule has 6 rings (SSSR count). The van der Waals surface area contributed by atoms with Gasteiger partial charge in [0.1, 0.15) is 0 Å². The van der Waals surface area contributed by atoms with Crippen molar-refractivity contribution in [2.24, 2.45) is 0 Å². The standard InChI is InChI=1S/C27H23N3O5S/c31-27(29-12-14-30(15-13-29)36(32,33)20-6-2-1-3-7-20)22-17-24(28-23-9-5-4-8-21(22)23)19-10-11-25-26(16-19)35-18-34-25/h1-11,16-17H,12-15,18H2. The van der Waals surface area contributed by atoms with E-state index in [1.807, 2.05) is 42.5 Å². The van der Waals surface area contributed by atoms with Crippen LogP contribution in [0.1, 0.15) is 10.4 Å². The first-order chi connectivity index (χ1) is 17.5. The van der Waals surface area contributed by atoms with E-state index in [-0.39, 0.29) is 30.7 Å². The zero-order valence-corrected chi connectivity index (χ0v) is 20.1. The molecule has 4 aromatic rings. The molecule has 9 heteroatoms. The van der Waals surface area contributed by atoms with Crippen molar-refractivity contribution < 1.29 is 22.7 Å². The molecule has 0 N–H and O–H groups in total. The number of fused-ring (bicyclic) bond motifs is 2. The Morgan fingerprint density at radius 1 is 0.806 bits per heavy atom. The third-order valence-electron chi connectivity index (χ3n) is 6.52. The molecular weight excluding hydrogens is 478 g/mol. The number of sulfonamides is 1. The fourth-order valence-corrected chi connectivity index (χ4v) is 6.04. The largest absolute Gasteiger partial charge is 0.454 e. The Kier molecular flexibility index (Phi) is 5.58. The molecule has 2 aliphatic heterocycles. The maximum Gasteiger partial charge on any atom is 0.254 e. The third-order valence-corrected chi connectivity index (χ3v) is 8.43. The number of benzene rings is 3. The molecule has 1 saturated heterocycles. The first-order valence-corrected chi connectivity index (χ1v) is 13.1. The van der Waals surface area contributed by atoms with Gasteiger partial charge in [-0.1, -0.05) is 36.4 Å². The van der Waals surface area contributed by atoms with E-state index in [1.165, 1.54) is 4.31 Å². The Labute approximate surface area is 208 Å². The zero-order chi connectivity index (χ0) is 24.7. The number of pyridine rings is 1. The monoisotopic (exact) mass is 501 g/mol. The molecule has 36 heavy (non-hydrogen) atoms. The molecule has 3 aromatic carbocycles. The number of rotatable bonds is 4. The van der Waals surface area contributed by atoms with Crippen LogP contribution in [-0.2, 0) is 10.0 Å². The van der Waals surface area contributed by atoms with Gasteiger partial charge in [0, 0.05) is 37.1 Å². The summed E-state index contributed by atoms with van der Waals surface area (Å²) in [6, 6.07) is 23.3. The van der Waals surface area contributed by atoms with Crippen molar-refractivity contribution in [1.29, 1.82) is 0 Å². The predicted molar refractivity (Wildman–Crippen MR) is 134 cm³/mol. The van der Waals surface area contributed by atoms with E-state index in [0.29, 0.717) is 41.4 Å². The van der Waals surface area contributed by atoms with E-state index < -0.39 is 10.0 Å². The van der Waals surface area contributed by atoms with Gasteiger partial charge in [0.2, 0.25) is 16.8 Å². The summed E-state index contributed by atoms with van der Waals surface area (Å²) in [4.78, 5) is 20.5. The minimum absolute atomic E-state index is 0.146. The van der Waals surface area contributed by atoms with Gasteiger partial charge in [-0.05, 0) is 42.5 Å². The number of aromatic nitrogens is 1. The van der Waals surface area contributed by atoms with E-state index in [4.69, 9.17) is 14.5 Å². The van der Waals surface area contributed by atoms with Crippen LogP contribution in [0.15, 0.2) is 83.8 Å². The van der Waals surface area contributed by atoms with Gasteiger partial charge in [0.05, 0.1) is 21.7 Å². The number of hydrogen-bond donors (Lipinski definition) is 0. The zero-order valence-electron chi connectivity index (χ0n) is 19.3. The van der Waals surface area contributed by atoms with Crippen LogP contribution in [0.5, 0.6) is 11.5 Å². The maximum atomic E-state index is 13.7. The van der Waals surface area contributed by atoms with Crippen LogP contribution in [0.25, 0.3) is 22.2 Å². The maximum absolute atomic E-state index is 13.7. The highest BCUT2D eigenvalue weighted by Gasteiger charge is 2.31. The number of amides is 1. The summed E-state index contributed by atoms with van der Waals surface area (Å²) in [5.74, 6) is 1.18. The Balaban J connectivity index is 1.29. The van der Waals surface area contributed by atoms with Gasteiger partial charge < -0.3 is 14.4 Å². The van der Waals surface area contributed by atoms with E-state index in [1.54, 1.807) is 41.3 Å². The number of piperazine rings is 1. The molecule has 0 radical (unpaired) electrons. The molecule has 0 saturated carbocycles. The van der Waals surface area contributed by atoms with Crippen molar-refractivity contribution in [3.8, 4) is 22.8 Å². The minimum atomic E-state index is -3.60. The van der Waals surface area contributed by atoms with Gasteiger partial charge in [0.15, 0.2) is 11.5 Å². The highest BCUT2D eigenvalue weighted by molar-refractivity contribution is 7.89. The summed E-state index contributed by atoms with van der Waals surface area (Å²) < 4.78 is 38.3. The summed E-state index contributed by atoms with van der Waals surface area (Å²) in [6.07, 6.45) is 0. The van der Waals surface area contributed by atoms with Crippen molar-refractivity contribution >= 4 is 26.8 Å². The topological polar surface area (TPSA) is 89.0 Å². The fraction of sp³-hybridized carbons (Fsp3) is 0.185. The van der Waals surface area contributed by atoms with Gasteiger partial charge in [0.25, 0.3) is 5.91 Å². The summed E-state index contributed by atoms with van der Waals surface area (Å²) in [7, 11) is -3.60. The van der Waals surface area contributed by atoms with Crippen LogP contribution in [0.3, 0.4) is 0 Å². The molecule has 182 valence electrons. The van der Waals surface area contributed by atoms with Crippen molar-refractivity contribution in [1.82, 2.24) is 14.2 Å². The molecule has 0 aliphatic carbocycles. The van der Waals surface area contributed by atoms with Crippen molar-refractivity contribution in [2.75, 3.05) is 33.0 Å². The van der Waals surface area contributed by atoms with Crippen LogP contribution < -0.4 is 9.47 Å². The molecule has 1 fully saturated rings. The minimum Gasteiger partial charge on any atom is -0.454 e. The highest BCUT2D eigenvalue weighted by atomic mass is 32.2. The number of carbonyl (C=O) groups is 1. The van der Waals surface area contributed by atoms with Crippen LogP contribution in [0.2, 0.25) is 0 Å². The summed E-state index contributed by atoms with van der Waals surface area (Å²) in [5, 5.41) is 0.756. The molecule has 0 bridgehead atoms. The van der Waals surface area contributed by atoms with Crippen LogP contribution in [-0.4, -0.2) is 61.5 Å². The van der Waals surface area contributed by atoms with Crippen LogP contribution in [0, 0.1) is 0 Å². The second-order valence-corrected chi connectivity index (χ2v) is 10.6. The molecule has 3 heterocycles.